The van der Waals surface area contributed by atoms with Crippen LogP contribution in [0.25, 0.3) is 0 Å². The minimum absolute atomic E-state index is 0.206. The average molecular weight is 407 g/mol. The summed E-state index contributed by atoms with van der Waals surface area (Å²) in [5, 5.41) is 5.99. The van der Waals surface area contributed by atoms with Crippen molar-refractivity contribution >= 4 is 17.7 Å². The van der Waals surface area contributed by atoms with E-state index in [-0.39, 0.29) is 25.2 Å². The SMILES string of the molecule is CCOC(=O)[C@H](COC1CCCC1)Nc1ccccc1CNC(=O)OC(C)(C)C. The smallest absolute Gasteiger partial charge is 0.407 e. The molecule has 1 atom stereocenters. The highest BCUT2D eigenvalue weighted by molar-refractivity contribution is 5.80. The quantitative estimate of drug-likeness (QED) is 0.603. The number of carbonyl (C=O) groups excluding carboxylic acids is 2. The van der Waals surface area contributed by atoms with E-state index in [0.717, 1.165) is 24.1 Å². The van der Waals surface area contributed by atoms with E-state index < -0.39 is 17.7 Å². The number of para-hydroxylation sites is 1. The third-order valence-corrected chi connectivity index (χ3v) is 4.54. The van der Waals surface area contributed by atoms with Crippen LogP contribution in [-0.4, -0.2) is 43.0 Å². The first-order valence-electron chi connectivity index (χ1n) is 10.4. The fourth-order valence-corrected chi connectivity index (χ4v) is 3.18. The molecule has 0 spiro atoms. The summed E-state index contributed by atoms with van der Waals surface area (Å²) in [7, 11) is 0. The Morgan fingerprint density at radius 1 is 1.17 bits per heavy atom. The molecule has 0 aliphatic heterocycles. The van der Waals surface area contributed by atoms with Gasteiger partial charge in [-0.2, -0.15) is 0 Å². The van der Waals surface area contributed by atoms with Gasteiger partial charge in [0.25, 0.3) is 0 Å². The number of hydrogen-bond donors (Lipinski definition) is 2. The molecule has 0 heterocycles. The van der Waals surface area contributed by atoms with Crippen LogP contribution in [0.4, 0.5) is 10.5 Å². The van der Waals surface area contributed by atoms with E-state index in [1.54, 1.807) is 6.92 Å². The second-order valence-corrected chi connectivity index (χ2v) is 8.20. The number of alkyl carbamates (subject to hydrolysis) is 1. The monoisotopic (exact) mass is 406 g/mol. The van der Waals surface area contributed by atoms with Crippen LogP contribution in [0.1, 0.15) is 58.9 Å². The maximum absolute atomic E-state index is 12.4. The van der Waals surface area contributed by atoms with Crippen molar-refractivity contribution in [3.8, 4) is 0 Å². The first-order chi connectivity index (χ1) is 13.8. The molecule has 1 fully saturated rings. The molecule has 7 nitrogen and oxygen atoms in total. The van der Waals surface area contributed by atoms with Crippen molar-refractivity contribution in [2.24, 2.45) is 0 Å². The van der Waals surface area contributed by atoms with Crippen LogP contribution in [0.5, 0.6) is 0 Å². The molecule has 0 saturated heterocycles. The third-order valence-electron chi connectivity index (χ3n) is 4.54. The summed E-state index contributed by atoms with van der Waals surface area (Å²) in [4.78, 5) is 24.4. The minimum atomic E-state index is -0.613. The average Bonchev–Trinajstić information content (AvgIpc) is 3.16. The van der Waals surface area contributed by atoms with Crippen LogP contribution in [0.2, 0.25) is 0 Å². The largest absolute Gasteiger partial charge is 0.464 e. The second-order valence-electron chi connectivity index (χ2n) is 8.20. The molecule has 0 radical (unpaired) electrons. The number of nitrogens with one attached hydrogen (secondary N) is 2. The Morgan fingerprint density at radius 2 is 1.86 bits per heavy atom. The summed E-state index contributed by atoms with van der Waals surface area (Å²) < 4.78 is 16.4. The number of amides is 1. The maximum Gasteiger partial charge on any atom is 0.407 e. The molecule has 162 valence electrons. The zero-order valence-electron chi connectivity index (χ0n) is 18.0. The van der Waals surface area contributed by atoms with Gasteiger partial charge in [0.05, 0.1) is 19.3 Å². The van der Waals surface area contributed by atoms with Gasteiger partial charge in [-0.3, -0.25) is 0 Å². The van der Waals surface area contributed by atoms with E-state index in [1.807, 2.05) is 45.0 Å². The number of hydrogen-bond acceptors (Lipinski definition) is 6. The predicted octanol–water partition coefficient (Wildman–Crippen LogP) is 4.01. The van der Waals surface area contributed by atoms with Crippen LogP contribution < -0.4 is 10.6 Å². The van der Waals surface area contributed by atoms with Gasteiger partial charge in [0.2, 0.25) is 0 Å². The van der Waals surface area contributed by atoms with Crippen LogP contribution in [0, 0.1) is 0 Å². The molecule has 1 aromatic carbocycles. The zero-order chi connectivity index (χ0) is 21.3. The number of ether oxygens (including phenoxy) is 3. The first-order valence-corrected chi connectivity index (χ1v) is 10.4. The standard InChI is InChI=1S/C22H34N2O5/c1-5-27-20(25)19(15-28-17-11-7-8-12-17)24-18-13-9-6-10-16(18)14-23-21(26)29-22(2,3)4/h6,9-10,13,17,19,24H,5,7-8,11-12,14-15H2,1-4H3,(H,23,26)/t19-/m0/s1. The van der Waals surface area contributed by atoms with Crippen molar-refractivity contribution in [1.82, 2.24) is 5.32 Å². The maximum atomic E-state index is 12.4. The fourth-order valence-electron chi connectivity index (χ4n) is 3.18. The number of esters is 1. The Labute approximate surface area is 173 Å². The fraction of sp³-hybridized carbons (Fsp3) is 0.636. The molecule has 7 heteroatoms. The number of anilines is 1. The molecule has 1 aliphatic carbocycles. The Morgan fingerprint density at radius 3 is 2.52 bits per heavy atom. The normalized spacial score (nSPS) is 15.6. The summed E-state index contributed by atoms with van der Waals surface area (Å²) >= 11 is 0. The van der Waals surface area contributed by atoms with Gasteiger partial charge in [-0.1, -0.05) is 31.0 Å². The molecule has 1 saturated carbocycles. The van der Waals surface area contributed by atoms with Gasteiger partial charge in [-0.15, -0.1) is 0 Å². The van der Waals surface area contributed by atoms with E-state index in [9.17, 15) is 9.59 Å². The van der Waals surface area contributed by atoms with E-state index in [4.69, 9.17) is 14.2 Å². The lowest BCUT2D eigenvalue weighted by molar-refractivity contribution is -0.145. The molecule has 0 bridgehead atoms. The molecule has 29 heavy (non-hydrogen) atoms. The van der Waals surface area contributed by atoms with Crippen molar-refractivity contribution in [3.05, 3.63) is 29.8 Å². The number of carbonyl (C=O) groups is 2. The van der Waals surface area contributed by atoms with Crippen LogP contribution >= 0.6 is 0 Å². The highest BCUT2D eigenvalue weighted by atomic mass is 16.6. The molecule has 2 rings (SSSR count). The second kappa shape index (κ2) is 11.0. The lowest BCUT2D eigenvalue weighted by atomic mass is 10.1. The predicted molar refractivity (Wildman–Crippen MR) is 112 cm³/mol. The van der Waals surface area contributed by atoms with Crippen molar-refractivity contribution in [2.75, 3.05) is 18.5 Å². The van der Waals surface area contributed by atoms with Gasteiger partial charge in [0.15, 0.2) is 0 Å². The Balaban J connectivity index is 2.01. The van der Waals surface area contributed by atoms with Gasteiger partial charge in [-0.05, 0) is 52.2 Å². The highest BCUT2D eigenvalue weighted by Gasteiger charge is 2.24. The summed E-state index contributed by atoms with van der Waals surface area (Å²) in [6, 6.07) is 6.90. The molecular weight excluding hydrogens is 372 g/mol. The molecule has 0 unspecified atom stereocenters. The zero-order valence-corrected chi connectivity index (χ0v) is 18.0. The topological polar surface area (TPSA) is 85.9 Å². The van der Waals surface area contributed by atoms with E-state index in [2.05, 4.69) is 10.6 Å². The molecular formula is C22H34N2O5. The Hall–Kier alpha value is -2.28. The first kappa shape index (κ1) is 23.0. The van der Waals surface area contributed by atoms with E-state index >= 15 is 0 Å². The van der Waals surface area contributed by atoms with Crippen LogP contribution in [0.3, 0.4) is 0 Å². The van der Waals surface area contributed by atoms with Crippen molar-refractivity contribution in [1.29, 1.82) is 0 Å². The van der Waals surface area contributed by atoms with E-state index in [1.165, 1.54) is 12.8 Å². The summed E-state index contributed by atoms with van der Waals surface area (Å²) in [5.74, 6) is -0.347. The molecule has 2 N–H and O–H groups in total. The summed E-state index contributed by atoms with van der Waals surface area (Å²) in [6.45, 7) is 8.06. The number of rotatable bonds is 9. The van der Waals surface area contributed by atoms with Gasteiger partial charge in [0, 0.05) is 12.2 Å². The molecule has 1 aliphatic rings. The molecule has 1 amide bonds. The third kappa shape index (κ3) is 8.31. The van der Waals surface area contributed by atoms with E-state index in [0.29, 0.717) is 6.61 Å². The van der Waals surface area contributed by atoms with Crippen LogP contribution in [-0.2, 0) is 25.5 Å². The lowest BCUT2D eigenvalue weighted by Gasteiger charge is -2.23. The lowest BCUT2D eigenvalue weighted by Crippen LogP contribution is -2.37. The molecule has 1 aromatic rings. The number of benzene rings is 1. The van der Waals surface area contributed by atoms with Crippen molar-refractivity contribution in [2.45, 2.75) is 77.7 Å². The Kier molecular flexibility index (Phi) is 8.76. The molecule has 0 aromatic heterocycles. The van der Waals surface area contributed by atoms with Gasteiger partial charge in [-0.25, -0.2) is 9.59 Å². The van der Waals surface area contributed by atoms with Gasteiger partial charge >= 0.3 is 12.1 Å². The highest BCUT2D eigenvalue weighted by Crippen LogP contribution is 2.22. The Bertz CT molecular complexity index is 665. The van der Waals surface area contributed by atoms with Crippen molar-refractivity contribution < 1.29 is 23.8 Å². The summed E-state index contributed by atoms with van der Waals surface area (Å²) in [6.07, 6.45) is 4.12. The van der Waals surface area contributed by atoms with Crippen molar-refractivity contribution in [3.63, 3.8) is 0 Å². The van der Waals surface area contributed by atoms with Crippen LogP contribution in [0.15, 0.2) is 24.3 Å². The minimum Gasteiger partial charge on any atom is -0.464 e. The van der Waals surface area contributed by atoms with Gasteiger partial charge < -0.3 is 24.8 Å². The summed E-state index contributed by atoms with van der Waals surface area (Å²) in [5.41, 5.74) is 1.03. The van der Waals surface area contributed by atoms with Gasteiger partial charge in [0.1, 0.15) is 11.6 Å².